The molecule has 1 saturated carbocycles. The van der Waals surface area contributed by atoms with Crippen molar-refractivity contribution in [3.63, 3.8) is 0 Å². The SMILES string of the molecule is COC(=O)C=C[C@H]1[C@@H](C(=O)OCC(Cl)(Cl)Cl)C1(C)C. The molecule has 19 heavy (non-hydrogen) atoms. The van der Waals surface area contributed by atoms with Gasteiger partial charge in [-0.3, -0.25) is 4.79 Å². The highest BCUT2D eigenvalue weighted by Gasteiger charge is 2.61. The minimum Gasteiger partial charge on any atom is -0.466 e. The minimum atomic E-state index is -1.62. The number of methoxy groups -OCH3 is 1. The molecule has 0 spiro atoms. The zero-order valence-corrected chi connectivity index (χ0v) is 13.1. The number of ether oxygens (including phenoxy) is 2. The zero-order chi connectivity index (χ0) is 14.8. The molecule has 0 unspecified atom stereocenters. The number of carbonyl (C=O) groups is 2. The zero-order valence-electron chi connectivity index (χ0n) is 10.8. The quantitative estimate of drug-likeness (QED) is 0.452. The fourth-order valence-electron chi connectivity index (χ4n) is 1.98. The number of carbonyl (C=O) groups excluding carboxylic acids is 2. The Hall–Kier alpha value is -0.450. The van der Waals surface area contributed by atoms with E-state index < -0.39 is 15.7 Å². The molecule has 7 heteroatoms. The lowest BCUT2D eigenvalue weighted by molar-refractivity contribution is -0.146. The van der Waals surface area contributed by atoms with Gasteiger partial charge in [0.2, 0.25) is 3.79 Å². The van der Waals surface area contributed by atoms with Crippen molar-refractivity contribution in [2.45, 2.75) is 17.6 Å². The van der Waals surface area contributed by atoms with Crippen LogP contribution in [0.15, 0.2) is 12.2 Å². The van der Waals surface area contributed by atoms with Gasteiger partial charge in [-0.2, -0.15) is 0 Å². The molecule has 1 aliphatic carbocycles. The molecule has 0 N–H and O–H groups in total. The predicted molar refractivity (Wildman–Crippen MR) is 73.2 cm³/mol. The number of hydrogen-bond donors (Lipinski definition) is 0. The number of alkyl halides is 3. The van der Waals surface area contributed by atoms with Crippen LogP contribution in [0.3, 0.4) is 0 Å². The van der Waals surface area contributed by atoms with Crippen LogP contribution in [-0.2, 0) is 19.1 Å². The fraction of sp³-hybridized carbons (Fsp3) is 0.667. The van der Waals surface area contributed by atoms with Crippen LogP contribution in [0.4, 0.5) is 0 Å². The molecule has 2 atom stereocenters. The Kier molecular flexibility index (Phi) is 5.15. The van der Waals surface area contributed by atoms with Gasteiger partial charge in [0.1, 0.15) is 6.61 Å². The highest BCUT2D eigenvalue weighted by atomic mass is 35.6. The first-order chi connectivity index (χ1) is 8.59. The van der Waals surface area contributed by atoms with Gasteiger partial charge in [-0.05, 0) is 11.3 Å². The normalized spacial score (nSPS) is 25.2. The van der Waals surface area contributed by atoms with E-state index in [0.717, 1.165) is 0 Å². The molecule has 1 fully saturated rings. The molecule has 0 aromatic rings. The van der Waals surface area contributed by atoms with Crippen LogP contribution >= 0.6 is 34.8 Å². The monoisotopic (exact) mass is 328 g/mol. The molecule has 1 rings (SSSR count). The van der Waals surface area contributed by atoms with Gasteiger partial charge in [0.15, 0.2) is 0 Å². The second-order valence-corrected chi connectivity index (χ2v) is 7.45. The van der Waals surface area contributed by atoms with Crippen LogP contribution in [0.1, 0.15) is 13.8 Å². The van der Waals surface area contributed by atoms with E-state index in [1.165, 1.54) is 13.2 Å². The van der Waals surface area contributed by atoms with Crippen molar-refractivity contribution in [1.29, 1.82) is 0 Å². The summed E-state index contributed by atoms with van der Waals surface area (Å²) >= 11 is 16.5. The summed E-state index contributed by atoms with van der Waals surface area (Å²) in [4.78, 5) is 22.9. The van der Waals surface area contributed by atoms with E-state index in [2.05, 4.69) is 4.74 Å². The smallest absolute Gasteiger partial charge is 0.330 e. The van der Waals surface area contributed by atoms with Gasteiger partial charge in [0, 0.05) is 6.08 Å². The van der Waals surface area contributed by atoms with Crippen LogP contribution in [0.25, 0.3) is 0 Å². The molecule has 0 radical (unpaired) electrons. The van der Waals surface area contributed by atoms with Gasteiger partial charge in [-0.15, -0.1) is 0 Å². The molecule has 4 nitrogen and oxygen atoms in total. The molecular formula is C12H15Cl3O4. The third-order valence-electron chi connectivity index (χ3n) is 3.18. The topological polar surface area (TPSA) is 52.6 Å². The minimum absolute atomic E-state index is 0.0884. The summed E-state index contributed by atoms with van der Waals surface area (Å²) in [5.74, 6) is -1.33. The maximum absolute atomic E-state index is 11.8. The highest BCUT2D eigenvalue weighted by Crippen LogP contribution is 2.59. The Morgan fingerprint density at radius 2 is 1.89 bits per heavy atom. The van der Waals surface area contributed by atoms with Crippen molar-refractivity contribution in [3.05, 3.63) is 12.2 Å². The Morgan fingerprint density at radius 1 is 1.32 bits per heavy atom. The van der Waals surface area contributed by atoms with Gasteiger partial charge in [0.25, 0.3) is 0 Å². The lowest BCUT2D eigenvalue weighted by Crippen LogP contribution is -2.19. The van der Waals surface area contributed by atoms with Gasteiger partial charge < -0.3 is 9.47 Å². The first-order valence-electron chi connectivity index (χ1n) is 5.59. The molecule has 0 aromatic carbocycles. The second-order valence-electron chi connectivity index (χ2n) is 4.93. The lowest BCUT2D eigenvalue weighted by Gasteiger charge is -2.11. The van der Waals surface area contributed by atoms with E-state index in [4.69, 9.17) is 39.5 Å². The first kappa shape index (κ1) is 16.6. The molecule has 0 saturated heterocycles. The van der Waals surface area contributed by atoms with Crippen LogP contribution in [0.2, 0.25) is 0 Å². The fourth-order valence-corrected chi connectivity index (χ4v) is 2.14. The van der Waals surface area contributed by atoms with E-state index in [1.807, 2.05) is 13.8 Å². The average Bonchev–Trinajstić information content (AvgIpc) is 2.84. The van der Waals surface area contributed by atoms with Crippen molar-refractivity contribution < 1.29 is 19.1 Å². The number of rotatable bonds is 4. The summed E-state index contributed by atoms with van der Waals surface area (Å²) in [7, 11) is 1.29. The molecule has 0 amide bonds. The molecule has 0 aromatic heterocycles. The van der Waals surface area contributed by atoms with Crippen molar-refractivity contribution in [1.82, 2.24) is 0 Å². The Bertz CT molecular complexity index is 398. The summed E-state index contributed by atoms with van der Waals surface area (Å²) in [5.41, 5.74) is -0.283. The van der Waals surface area contributed by atoms with E-state index in [0.29, 0.717) is 0 Å². The maximum Gasteiger partial charge on any atom is 0.330 e. The Morgan fingerprint density at radius 3 is 2.37 bits per heavy atom. The summed E-state index contributed by atoms with van der Waals surface area (Å²) in [6, 6.07) is 0. The van der Waals surface area contributed by atoms with Gasteiger partial charge in [0.05, 0.1) is 13.0 Å². The standard InChI is InChI=1S/C12H15Cl3O4/c1-11(2)7(4-5-8(16)18-3)9(11)10(17)19-6-12(13,14)15/h4-5,7,9H,6H2,1-3H3/t7-,9-/m0/s1. The van der Waals surface area contributed by atoms with E-state index in [1.54, 1.807) is 6.08 Å². The third kappa shape index (κ3) is 4.55. The summed E-state index contributed by atoms with van der Waals surface area (Å²) in [6.45, 7) is 3.51. The van der Waals surface area contributed by atoms with Gasteiger partial charge >= 0.3 is 11.9 Å². The average molecular weight is 330 g/mol. The molecule has 0 bridgehead atoms. The lowest BCUT2D eigenvalue weighted by atomic mass is 10.1. The second kappa shape index (κ2) is 5.90. The first-order valence-corrected chi connectivity index (χ1v) is 6.72. The van der Waals surface area contributed by atoms with Crippen molar-refractivity contribution >= 4 is 46.7 Å². The molecule has 1 aliphatic rings. The van der Waals surface area contributed by atoms with Crippen LogP contribution in [0, 0.1) is 17.3 Å². The van der Waals surface area contributed by atoms with Crippen molar-refractivity contribution in [3.8, 4) is 0 Å². The molecular weight excluding hydrogens is 314 g/mol. The molecule has 0 heterocycles. The number of esters is 2. The summed E-state index contributed by atoms with van der Waals surface area (Å²) in [6.07, 6.45) is 2.95. The Balaban J connectivity index is 2.57. The summed E-state index contributed by atoms with van der Waals surface area (Å²) < 4.78 is 7.82. The Labute approximate surface area is 127 Å². The van der Waals surface area contributed by atoms with Crippen LogP contribution < -0.4 is 0 Å². The van der Waals surface area contributed by atoms with Crippen LogP contribution in [-0.4, -0.2) is 29.4 Å². The highest BCUT2D eigenvalue weighted by molar-refractivity contribution is 6.67. The van der Waals surface area contributed by atoms with Crippen LogP contribution in [0.5, 0.6) is 0 Å². The third-order valence-corrected chi connectivity index (χ3v) is 3.51. The molecule has 0 aliphatic heterocycles. The largest absolute Gasteiger partial charge is 0.466 e. The predicted octanol–water partition coefficient (Wildman–Crippen LogP) is 2.90. The van der Waals surface area contributed by atoms with E-state index in [9.17, 15) is 9.59 Å². The van der Waals surface area contributed by atoms with E-state index in [-0.39, 0.29) is 23.9 Å². The molecule has 108 valence electrons. The van der Waals surface area contributed by atoms with Crippen molar-refractivity contribution in [2.75, 3.05) is 13.7 Å². The van der Waals surface area contributed by atoms with Crippen molar-refractivity contribution in [2.24, 2.45) is 17.3 Å². The number of halogens is 3. The maximum atomic E-state index is 11.8. The van der Waals surface area contributed by atoms with Gasteiger partial charge in [-0.1, -0.05) is 54.7 Å². The number of allylic oxidation sites excluding steroid dienone is 1. The van der Waals surface area contributed by atoms with Gasteiger partial charge in [-0.25, -0.2) is 4.79 Å². The van der Waals surface area contributed by atoms with E-state index >= 15 is 0 Å². The number of hydrogen-bond acceptors (Lipinski definition) is 4. The summed E-state index contributed by atoms with van der Waals surface area (Å²) in [5, 5.41) is 0.